The van der Waals surface area contributed by atoms with Gasteiger partial charge in [0, 0.05) is 27.3 Å². The van der Waals surface area contributed by atoms with Crippen LogP contribution in [0.2, 0.25) is 10.0 Å². The molecule has 126 valence electrons. The number of amides is 2. The first-order valence-electron chi connectivity index (χ1n) is 7.50. The molecule has 0 atom stereocenters. The van der Waals surface area contributed by atoms with E-state index in [0.717, 1.165) is 0 Å². The highest BCUT2D eigenvalue weighted by Crippen LogP contribution is 2.25. The molecule has 0 saturated heterocycles. The molecule has 24 heavy (non-hydrogen) atoms. The maximum Gasteiger partial charge on any atom is 0.251 e. The number of halogens is 2. The van der Waals surface area contributed by atoms with Crippen molar-refractivity contribution in [1.29, 1.82) is 0 Å². The summed E-state index contributed by atoms with van der Waals surface area (Å²) in [7, 11) is 0. The van der Waals surface area contributed by atoms with Gasteiger partial charge in [-0.1, -0.05) is 29.3 Å². The van der Waals surface area contributed by atoms with E-state index in [4.69, 9.17) is 23.2 Å². The van der Waals surface area contributed by atoms with Crippen LogP contribution < -0.4 is 10.6 Å². The van der Waals surface area contributed by atoms with E-state index in [0.29, 0.717) is 26.9 Å². The van der Waals surface area contributed by atoms with Gasteiger partial charge in [-0.3, -0.25) is 9.59 Å². The van der Waals surface area contributed by atoms with Gasteiger partial charge in [-0.15, -0.1) is 0 Å². The van der Waals surface area contributed by atoms with Gasteiger partial charge >= 0.3 is 0 Å². The van der Waals surface area contributed by atoms with Crippen LogP contribution in [0.15, 0.2) is 42.5 Å². The van der Waals surface area contributed by atoms with Crippen molar-refractivity contribution >= 4 is 40.7 Å². The Morgan fingerprint density at radius 1 is 1.00 bits per heavy atom. The second-order valence-corrected chi connectivity index (χ2v) is 6.45. The summed E-state index contributed by atoms with van der Waals surface area (Å²) in [6.45, 7) is 3.79. The number of carbonyl (C=O) groups is 2. The molecule has 2 amide bonds. The molecule has 4 nitrogen and oxygen atoms in total. The third-order valence-electron chi connectivity index (χ3n) is 3.25. The summed E-state index contributed by atoms with van der Waals surface area (Å²) >= 11 is 12.1. The summed E-state index contributed by atoms with van der Waals surface area (Å²) in [4.78, 5) is 24.0. The van der Waals surface area contributed by atoms with E-state index < -0.39 is 0 Å². The molecule has 0 radical (unpaired) electrons. The number of carbonyl (C=O) groups excluding carboxylic acids is 2. The summed E-state index contributed by atoms with van der Waals surface area (Å²) < 4.78 is 0. The lowest BCUT2D eigenvalue weighted by Gasteiger charge is -2.10. The Labute approximate surface area is 151 Å². The lowest BCUT2D eigenvalue weighted by molar-refractivity contribution is -0.115. The number of anilines is 1. The lowest BCUT2D eigenvalue weighted by atomic mass is 10.1. The van der Waals surface area contributed by atoms with Gasteiger partial charge in [-0.25, -0.2) is 0 Å². The summed E-state index contributed by atoms with van der Waals surface area (Å²) in [6, 6.07) is 11.9. The van der Waals surface area contributed by atoms with Gasteiger partial charge in [0.1, 0.15) is 0 Å². The zero-order valence-corrected chi connectivity index (χ0v) is 14.9. The standard InChI is InChI=1S/C18H18Cl2N2O2/c1-11(2)21-18(24)12-6-8-13(9-7-12)22-17(23)10-14-15(19)4-3-5-16(14)20/h3-9,11H,10H2,1-2H3,(H,21,24)(H,22,23). The molecule has 0 aliphatic heterocycles. The maximum absolute atomic E-state index is 12.1. The van der Waals surface area contributed by atoms with Crippen molar-refractivity contribution in [2.75, 3.05) is 5.32 Å². The van der Waals surface area contributed by atoms with Crippen molar-refractivity contribution in [3.8, 4) is 0 Å². The average Bonchev–Trinajstić information content (AvgIpc) is 2.51. The van der Waals surface area contributed by atoms with Gasteiger partial charge < -0.3 is 10.6 Å². The van der Waals surface area contributed by atoms with E-state index in [1.807, 2.05) is 13.8 Å². The highest BCUT2D eigenvalue weighted by Gasteiger charge is 2.12. The van der Waals surface area contributed by atoms with E-state index >= 15 is 0 Å². The third kappa shape index (κ3) is 4.98. The molecule has 0 aliphatic carbocycles. The number of nitrogens with one attached hydrogen (secondary N) is 2. The van der Waals surface area contributed by atoms with Gasteiger partial charge in [0.2, 0.25) is 5.91 Å². The first-order valence-corrected chi connectivity index (χ1v) is 8.26. The fourth-order valence-corrected chi connectivity index (χ4v) is 2.65. The van der Waals surface area contributed by atoms with Crippen molar-refractivity contribution in [2.45, 2.75) is 26.3 Å². The monoisotopic (exact) mass is 364 g/mol. The Morgan fingerprint density at radius 3 is 2.12 bits per heavy atom. The molecule has 6 heteroatoms. The second-order valence-electron chi connectivity index (χ2n) is 5.63. The number of hydrogen-bond donors (Lipinski definition) is 2. The molecular formula is C18H18Cl2N2O2. The smallest absolute Gasteiger partial charge is 0.251 e. The first-order chi connectivity index (χ1) is 11.4. The molecular weight excluding hydrogens is 347 g/mol. The summed E-state index contributed by atoms with van der Waals surface area (Å²) in [5.74, 6) is -0.380. The van der Waals surface area contributed by atoms with E-state index in [2.05, 4.69) is 10.6 Å². The normalized spacial score (nSPS) is 10.5. The van der Waals surface area contributed by atoms with Crippen LogP contribution in [-0.2, 0) is 11.2 Å². The van der Waals surface area contributed by atoms with Gasteiger partial charge in [0.15, 0.2) is 0 Å². The average molecular weight is 365 g/mol. The topological polar surface area (TPSA) is 58.2 Å². The minimum absolute atomic E-state index is 0.0669. The van der Waals surface area contributed by atoms with Crippen LogP contribution >= 0.6 is 23.2 Å². The highest BCUT2D eigenvalue weighted by atomic mass is 35.5. The van der Waals surface area contributed by atoms with E-state index in [1.165, 1.54) is 0 Å². The Balaban J connectivity index is 2.01. The molecule has 2 aromatic rings. The van der Waals surface area contributed by atoms with Crippen molar-refractivity contribution in [3.05, 3.63) is 63.6 Å². The lowest BCUT2D eigenvalue weighted by Crippen LogP contribution is -2.30. The predicted octanol–water partition coefficient (Wildman–Crippen LogP) is 4.31. The fraction of sp³-hybridized carbons (Fsp3) is 0.222. The minimum atomic E-state index is -0.232. The quantitative estimate of drug-likeness (QED) is 0.830. The van der Waals surface area contributed by atoms with Gasteiger partial charge in [0.05, 0.1) is 6.42 Å². The van der Waals surface area contributed by atoms with Crippen LogP contribution in [0.3, 0.4) is 0 Å². The fourth-order valence-electron chi connectivity index (χ4n) is 2.12. The Kier molecular flexibility index (Phi) is 6.23. The SMILES string of the molecule is CC(C)NC(=O)c1ccc(NC(=O)Cc2c(Cl)cccc2Cl)cc1. The van der Waals surface area contributed by atoms with E-state index in [9.17, 15) is 9.59 Å². The molecule has 0 saturated carbocycles. The van der Waals surface area contributed by atoms with Crippen LogP contribution in [0, 0.1) is 0 Å². The largest absolute Gasteiger partial charge is 0.350 e. The van der Waals surface area contributed by atoms with Crippen molar-refractivity contribution in [2.24, 2.45) is 0 Å². The van der Waals surface area contributed by atoms with Crippen molar-refractivity contribution in [3.63, 3.8) is 0 Å². The predicted molar refractivity (Wildman–Crippen MR) is 97.8 cm³/mol. The molecule has 0 fully saturated rings. The molecule has 2 N–H and O–H groups in total. The highest BCUT2D eigenvalue weighted by molar-refractivity contribution is 6.36. The zero-order valence-electron chi connectivity index (χ0n) is 13.4. The minimum Gasteiger partial charge on any atom is -0.350 e. The summed E-state index contributed by atoms with van der Waals surface area (Å²) in [5.41, 5.74) is 1.73. The molecule has 0 heterocycles. The number of benzene rings is 2. The summed E-state index contributed by atoms with van der Waals surface area (Å²) in [5, 5.41) is 6.49. The van der Waals surface area contributed by atoms with Crippen LogP contribution in [0.4, 0.5) is 5.69 Å². The van der Waals surface area contributed by atoms with Crippen LogP contribution in [0.5, 0.6) is 0 Å². The van der Waals surface area contributed by atoms with E-state index in [1.54, 1.807) is 42.5 Å². The van der Waals surface area contributed by atoms with Crippen LogP contribution in [0.25, 0.3) is 0 Å². The molecule has 2 aromatic carbocycles. The van der Waals surface area contributed by atoms with Gasteiger partial charge in [-0.2, -0.15) is 0 Å². The molecule has 0 aliphatic rings. The number of hydrogen-bond acceptors (Lipinski definition) is 2. The molecule has 0 spiro atoms. The zero-order chi connectivity index (χ0) is 17.7. The van der Waals surface area contributed by atoms with Gasteiger partial charge in [-0.05, 0) is 55.8 Å². The molecule has 0 bridgehead atoms. The van der Waals surface area contributed by atoms with Crippen LogP contribution in [0.1, 0.15) is 29.8 Å². The third-order valence-corrected chi connectivity index (χ3v) is 3.96. The Bertz CT molecular complexity index is 723. The van der Waals surface area contributed by atoms with Crippen LogP contribution in [-0.4, -0.2) is 17.9 Å². The molecule has 2 rings (SSSR count). The van der Waals surface area contributed by atoms with Crippen molar-refractivity contribution in [1.82, 2.24) is 5.32 Å². The van der Waals surface area contributed by atoms with Crippen molar-refractivity contribution < 1.29 is 9.59 Å². The second kappa shape index (κ2) is 8.18. The van der Waals surface area contributed by atoms with Gasteiger partial charge in [0.25, 0.3) is 5.91 Å². The summed E-state index contributed by atoms with van der Waals surface area (Å²) in [6.07, 6.45) is 0.0775. The number of rotatable bonds is 5. The maximum atomic E-state index is 12.1. The molecule has 0 unspecified atom stereocenters. The van der Waals surface area contributed by atoms with E-state index in [-0.39, 0.29) is 24.3 Å². The Hall–Kier alpha value is -2.04. The first kappa shape index (κ1) is 18.3. The molecule has 0 aromatic heterocycles. The Morgan fingerprint density at radius 2 is 1.58 bits per heavy atom.